The summed E-state index contributed by atoms with van der Waals surface area (Å²) >= 11 is 1.70. The summed E-state index contributed by atoms with van der Waals surface area (Å²) in [4.78, 5) is 4.48. The second-order valence-corrected chi connectivity index (χ2v) is 7.46. The molecule has 0 saturated carbocycles. The van der Waals surface area contributed by atoms with E-state index in [1.165, 1.54) is 15.4 Å². The molecule has 3 N–H and O–H groups in total. The fraction of sp³-hybridized carbons (Fsp3) is 0.333. The van der Waals surface area contributed by atoms with Crippen molar-refractivity contribution in [2.24, 2.45) is 5.73 Å². The minimum Gasteiger partial charge on any atom is -0.363 e. The van der Waals surface area contributed by atoms with Crippen LogP contribution >= 0.6 is 11.3 Å². The van der Waals surface area contributed by atoms with Gasteiger partial charge < -0.3 is 10.7 Å². The van der Waals surface area contributed by atoms with Crippen LogP contribution in [-0.2, 0) is 29.5 Å². The van der Waals surface area contributed by atoms with Crippen LogP contribution in [0.25, 0.3) is 0 Å². The highest BCUT2D eigenvalue weighted by Crippen LogP contribution is 2.28. The van der Waals surface area contributed by atoms with E-state index in [4.69, 9.17) is 5.73 Å². The number of fused-ring (bicyclic) bond motifs is 1. The van der Waals surface area contributed by atoms with Gasteiger partial charge in [-0.25, -0.2) is 8.42 Å². The predicted octanol–water partition coefficient (Wildman–Crippen LogP) is 1.28. The quantitative estimate of drug-likeness (QED) is 0.895. The average molecular weight is 297 g/mol. The molecule has 0 bridgehead atoms. The van der Waals surface area contributed by atoms with Gasteiger partial charge in [0.05, 0.1) is 4.90 Å². The lowest BCUT2D eigenvalue weighted by atomic mass is 10.1. The fourth-order valence-electron chi connectivity index (χ4n) is 2.26. The molecule has 102 valence electrons. The van der Waals surface area contributed by atoms with Crippen LogP contribution in [-0.4, -0.2) is 24.3 Å². The molecule has 1 aliphatic rings. The highest BCUT2D eigenvalue weighted by molar-refractivity contribution is 7.89. The molecule has 0 spiro atoms. The SMILES string of the molecule is NCc1cc(S(=O)(=O)N2CCc3sccc3C2)c[nH]1. The summed E-state index contributed by atoms with van der Waals surface area (Å²) in [5.41, 5.74) is 7.34. The Bertz CT molecular complexity index is 687. The number of nitrogens with zero attached hydrogens (tertiary/aromatic N) is 1. The van der Waals surface area contributed by atoms with Gasteiger partial charge in [0.15, 0.2) is 0 Å². The van der Waals surface area contributed by atoms with Crippen LogP contribution in [0.3, 0.4) is 0 Å². The Labute approximate surface area is 116 Å². The molecule has 5 nitrogen and oxygen atoms in total. The Kier molecular flexibility index (Phi) is 3.22. The van der Waals surface area contributed by atoms with Crippen molar-refractivity contribution in [2.45, 2.75) is 24.4 Å². The number of aromatic nitrogens is 1. The average Bonchev–Trinajstić information content (AvgIpc) is 3.06. The Morgan fingerprint density at radius 1 is 1.47 bits per heavy atom. The molecule has 0 saturated heterocycles. The van der Waals surface area contributed by atoms with Gasteiger partial charge in [-0.1, -0.05) is 0 Å². The van der Waals surface area contributed by atoms with Crippen LogP contribution in [0.15, 0.2) is 28.6 Å². The molecule has 0 amide bonds. The minimum absolute atomic E-state index is 0.298. The van der Waals surface area contributed by atoms with Crippen molar-refractivity contribution in [3.05, 3.63) is 39.8 Å². The first-order chi connectivity index (χ1) is 9.11. The van der Waals surface area contributed by atoms with Gasteiger partial charge in [0, 0.05) is 36.4 Å². The number of sulfonamides is 1. The van der Waals surface area contributed by atoms with Crippen LogP contribution in [0.1, 0.15) is 16.1 Å². The lowest BCUT2D eigenvalue weighted by molar-refractivity contribution is 0.394. The molecular formula is C12H15N3O2S2. The van der Waals surface area contributed by atoms with Gasteiger partial charge in [0.2, 0.25) is 10.0 Å². The molecule has 2 aromatic heterocycles. The van der Waals surface area contributed by atoms with Gasteiger partial charge in [0.1, 0.15) is 0 Å². The highest BCUT2D eigenvalue weighted by Gasteiger charge is 2.29. The molecule has 1 aliphatic heterocycles. The van der Waals surface area contributed by atoms with Crippen LogP contribution in [0.4, 0.5) is 0 Å². The summed E-state index contributed by atoms with van der Waals surface area (Å²) in [7, 11) is -3.42. The smallest absolute Gasteiger partial charge is 0.244 e. The first-order valence-corrected chi connectivity index (χ1v) is 8.36. The zero-order valence-corrected chi connectivity index (χ0v) is 11.9. The number of nitrogens with two attached hydrogens (primary N) is 1. The second-order valence-electron chi connectivity index (χ2n) is 4.52. The van der Waals surface area contributed by atoms with Gasteiger partial charge in [-0.3, -0.25) is 0 Å². The normalized spacial score (nSPS) is 16.5. The number of hydrogen-bond acceptors (Lipinski definition) is 4. The molecule has 0 aliphatic carbocycles. The third kappa shape index (κ3) is 2.23. The van der Waals surface area contributed by atoms with Crippen molar-refractivity contribution in [3.8, 4) is 0 Å². The number of thiophene rings is 1. The maximum atomic E-state index is 12.5. The second kappa shape index (κ2) is 4.75. The molecule has 19 heavy (non-hydrogen) atoms. The first-order valence-electron chi connectivity index (χ1n) is 6.04. The molecule has 7 heteroatoms. The molecular weight excluding hydrogens is 282 g/mol. The number of nitrogens with one attached hydrogen (secondary N) is 1. The molecule has 0 radical (unpaired) electrons. The Morgan fingerprint density at radius 3 is 3.05 bits per heavy atom. The van der Waals surface area contributed by atoms with E-state index in [1.807, 2.05) is 11.4 Å². The first kappa shape index (κ1) is 12.9. The zero-order chi connectivity index (χ0) is 13.5. The van der Waals surface area contributed by atoms with Gasteiger partial charge in [-0.2, -0.15) is 4.31 Å². The molecule has 0 atom stereocenters. The van der Waals surface area contributed by atoms with E-state index >= 15 is 0 Å². The maximum absolute atomic E-state index is 12.5. The molecule has 2 aromatic rings. The minimum atomic E-state index is -3.42. The van der Waals surface area contributed by atoms with E-state index in [0.717, 1.165) is 17.7 Å². The third-order valence-electron chi connectivity index (χ3n) is 3.35. The Morgan fingerprint density at radius 2 is 2.32 bits per heavy atom. The number of H-pyrrole nitrogens is 1. The Balaban J connectivity index is 1.89. The van der Waals surface area contributed by atoms with Crippen molar-refractivity contribution < 1.29 is 8.42 Å². The number of rotatable bonds is 3. The van der Waals surface area contributed by atoms with E-state index in [1.54, 1.807) is 17.4 Å². The maximum Gasteiger partial charge on any atom is 0.244 e. The zero-order valence-electron chi connectivity index (χ0n) is 10.3. The van der Waals surface area contributed by atoms with E-state index in [2.05, 4.69) is 4.98 Å². The van der Waals surface area contributed by atoms with Crippen LogP contribution in [0, 0.1) is 0 Å². The lowest BCUT2D eigenvalue weighted by Gasteiger charge is -2.25. The lowest BCUT2D eigenvalue weighted by Crippen LogP contribution is -2.35. The summed E-state index contributed by atoms with van der Waals surface area (Å²) in [5, 5.41) is 2.02. The summed E-state index contributed by atoms with van der Waals surface area (Å²) in [5.74, 6) is 0. The molecule has 3 rings (SSSR count). The molecule has 3 heterocycles. The molecule has 0 aromatic carbocycles. The van der Waals surface area contributed by atoms with Gasteiger partial charge >= 0.3 is 0 Å². The van der Waals surface area contributed by atoms with Crippen molar-refractivity contribution >= 4 is 21.4 Å². The van der Waals surface area contributed by atoms with Crippen molar-refractivity contribution in [3.63, 3.8) is 0 Å². The highest BCUT2D eigenvalue weighted by atomic mass is 32.2. The summed E-state index contributed by atoms with van der Waals surface area (Å²) in [6.07, 6.45) is 2.31. The standard InChI is InChI=1S/C12H15N3O2S2/c13-6-10-5-11(7-14-10)19(16,17)15-3-1-12-9(8-15)2-4-18-12/h2,4-5,7,14H,1,3,6,8,13H2. The predicted molar refractivity (Wildman–Crippen MR) is 74.3 cm³/mol. The van der Waals surface area contributed by atoms with E-state index in [0.29, 0.717) is 24.5 Å². The van der Waals surface area contributed by atoms with Gasteiger partial charge in [0.25, 0.3) is 0 Å². The third-order valence-corrected chi connectivity index (χ3v) is 6.19. The van der Waals surface area contributed by atoms with E-state index in [9.17, 15) is 8.42 Å². The van der Waals surface area contributed by atoms with Gasteiger partial charge in [-0.05, 0) is 29.5 Å². The van der Waals surface area contributed by atoms with Crippen molar-refractivity contribution in [1.82, 2.24) is 9.29 Å². The number of hydrogen-bond donors (Lipinski definition) is 2. The number of aromatic amines is 1. The fourth-order valence-corrected chi connectivity index (χ4v) is 4.59. The van der Waals surface area contributed by atoms with Crippen LogP contribution in [0.2, 0.25) is 0 Å². The van der Waals surface area contributed by atoms with Crippen LogP contribution in [0.5, 0.6) is 0 Å². The summed E-state index contributed by atoms with van der Waals surface area (Å²) in [6, 6.07) is 3.61. The van der Waals surface area contributed by atoms with Crippen molar-refractivity contribution in [2.75, 3.05) is 6.54 Å². The Hall–Kier alpha value is -1.15. The van der Waals surface area contributed by atoms with Crippen LogP contribution < -0.4 is 5.73 Å². The van der Waals surface area contributed by atoms with Gasteiger partial charge in [-0.15, -0.1) is 11.3 Å². The monoisotopic (exact) mass is 297 g/mol. The van der Waals surface area contributed by atoms with Crippen molar-refractivity contribution in [1.29, 1.82) is 0 Å². The molecule has 0 unspecified atom stereocenters. The summed E-state index contributed by atoms with van der Waals surface area (Å²) < 4.78 is 26.6. The van der Waals surface area contributed by atoms with E-state index in [-0.39, 0.29) is 0 Å². The van der Waals surface area contributed by atoms with E-state index < -0.39 is 10.0 Å². The molecule has 0 fully saturated rings. The topological polar surface area (TPSA) is 79.2 Å². The largest absolute Gasteiger partial charge is 0.363 e. The summed E-state index contributed by atoms with van der Waals surface area (Å²) in [6.45, 7) is 1.31.